The van der Waals surface area contributed by atoms with Crippen molar-refractivity contribution in [3.8, 4) is 0 Å². The maximum Gasteiger partial charge on any atom is 0.320 e. The van der Waals surface area contributed by atoms with Gasteiger partial charge in [0.2, 0.25) is 0 Å². The molecule has 0 aliphatic carbocycles. The predicted octanol–water partition coefficient (Wildman–Crippen LogP) is 0.585. The van der Waals surface area contributed by atoms with Gasteiger partial charge in [-0.1, -0.05) is 30.3 Å². The van der Waals surface area contributed by atoms with E-state index in [4.69, 9.17) is 10.2 Å². The van der Waals surface area contributed by atoms with Crippen LogP contribution >= 0.6 is 0 Å². The molecule has 98 valence electrons. The van der Waals surface area contributed by atoms with Crippen LogP contribution in [0, 0.1) is 0 Å². The molecular weight excluding hydrogens is 238 g/mol. The summed E-state index contributed by atoms with van der Waals surface area (Å²) in [5.41, 5.74) is 0.527. The zero-order valence-corrected chi connectivity index (χ0v) is 9.61. The molecule has 0 aliphatic rings. The number of carbonyl (C=O) groups is 2. The number of carboxylic acid groups (broad SMARTS) is 2. The summed E-state index contributed by atoms with van der Waals surface area (Å²) < 4.78 is 0. The first-order valence-corrected chi connectivity index (χ1v) is 5.44. The smallest absolute Gasteiger partial charge is 0.320 e. The zero-order valence-electron chi connectivity index (χ0n) is 9.61. The minimum atomic E-state index is -1.19. The summed E-state index contributed by atoms with van der Waals surface area (Å²) >= 11 is 0. The SMILES string of the molecule is O=C(O)CCC(NC(O)c1ccccc1)C(=O)O. The van der Waals surface area contributed by atoms with Crippen LogP contribution < -0.4 is 5.32 Å². The summed E-state index contributed by atoms with van der Waals surface area (Å²) in [4.78, 5) is 21.3. The number of aliphatic hydroxyl groups excluding tert-OH is 1. The molecule has 0 heterocycles. The summed E-state index contributed by atoms with van der Waals surface area (Å²) in [6.45, 7) is 0. The minimum absolute atomic E-state index is 0.0887. The van der Waals surface area contributed by atoms with Gasteiger partial charge >= 0.3 is 11.9 Å². The van der Waals surface area contributed by atoms with Crippen LogP contribution in [0.5, 0.6) is 0 Å². The van der Waals surface area contributed by atoms with E-state index >= 15 is 0 Å². The van der Waals surface area contributed by atoms with E-state index in [1.807, 2.05) is 0 Å². The molecule has 1 rings (SSSR count). The molecule has 0 aromatic heterocycles. The lowest BCUT2D eigenvalue weighted by atomic mass is 10.1. The number of hydrogen-bond acceptors (Lipinski definition) is 4. The number of nitrogens with one attached hydrogen (secondary N) is 1. The number of rotatable bonds is 7. The lowest BCUT2D eigenvalue weighted by Crippen LogP contribution is -2.39. The molecule has 0 bridgehead atoms. The van der Waals surface area contributed by atoms with Gasteiger partial charge in [0.25, 0.3) is 0 Å². The third kappa shape index (κ3) is 4.52. The third-order valence-corrected chi connectivity index (χ3v) is 2.42. The van der Waals surface area contributed by atoms with Crippen molar-refractivity contribution in [2.24, 2.45) is 0 Å². The highest BCUT2D eigenvalue weighted by atomic mass is 16.4. The molecule has 0 saturated heterocycles. The van der Waals surface area contributed by atoms with Gasteiger partial charge in [0, 0.05) is 6.42 Å². The van der Waals surface area contributed by atoms with E-state index in [1.54, 1.807) is 30.3 Å². The fourth-order valence-electron chi connectivity index (χ4n) is 1.47. The van der Waals surface area contributed by atoms with E-state index in [0.29, 0.717) is 5.56 Å². The van der Waals surface area contributed by atoms with E-state index < -0.39 is 24.2 Å². The van der Waals surface area contributed by atoms with E-state index in [-0.39, 0.29) is 12.8 Å². The first-order valence-electron chi connectivity index (χ1n) is 5.44. The quantitative estimate of drug-likeness (QED) is 0.530. The van der Waals surface area contributed by atoms with Gasteiger partial charge in [0.05, 0.1) is 0 Å². The molecule has 1 aromatic rings. The van der Waals surface area contributed by atoms with Gasteiger partial charge in [-0.25, -0.2) is 0 Å². The van der Waals surface area contributed by atoms with E-state index in [1.165, 1.54) is 0 Å². The maximum absolute atomic E-state index is 10.9. The van der Waals surface area contributed by atoms with Crippen molar-refractivity contribution in [3.05, 3.63) is 35.9 Å². The Bertz CT molecular complexity index is 406. The Hall–Kier alpha value is -1.92. The molecule has 6 nitrogen and oxygen atoms in total. The largest absolute Gasteiger partial charge is 0.481 e. The number of benzene rings is 1. The summed E-state index contributed by atoms with van der Waals surface area (Å²) in [5, 5.41) is 29.7. The highest BCUT2D eigenvalue weighted by molar-refractivity contribution is 5.75. The molecule has 0 spiro atoms. The predicted molar refractivity (Wildman–Crippen MR) is 62.8 cm³/mol. The highest BCUT2D eigenvalue weighted by Crippen LogP contribution is 2.11. The van der Waals surface area contributed by atoms with Crippen molar-refractivity contribution in [2.75, 3.05) is 0 Å². The third-order valence-electron chi connectivity index (χ3n) is 2.42. The molecule has 0 amide bonds. The minimum Gasteiger partial charge on any atom is -0.481 e. The number of hydrogen-bond donors (Lipinski definition) is 4. The van der Waals surface area contributed by atoms with Gasteiger partial charge in [0.1, 0.15) is 12.3 Å². The summed E-state index contributed by atoms with van der Waals surface area (Å²) in [7, 11) is 0. The van der Waals surface area contributed by atoms with E-state index in [2.05, 4.69) is 5.32 Å². The molecular formula is C12H15NO5. The van der Waals surface area contributed by atoms with E-state index in [9.17, 15) is 14.7 Å². The fourth-order valence-corrected chi connectivity index (χ4v) is 1.47. The first kappa shape index (κ1) is 14.1. The number of aliphatic hydroxyl groups is 1. The lowest BCUT2D eigenvalue weighted by Gasteiger charge is -2.18. The Labute approximate surface area is 104 Å². The summed E-state index contributed by atoms with van der Waals surface area (Å²) in [5.74, 6) is -2.26. The Kier molecular flexibility index (Phi) is 5.29. The van der Waals surface area contributed by atoms with Gasteiger partial charge in [-0.15, -0.1) is 0 Å². The maximum atomic E-state index is 10.9. The molecule has 0 aliphatic heterocycles. The normalized spacial score (nSPS) is 13.8. The lowest BCUT2D eigenvalue weighted by molar-refractivity contribution is -0.141. The van der Waals surface area contributed by atoms with Gasteiger partial charge < -0.3 is 15.3 Å². The topological polar surface area (TPSA) is 107 Å². The van der Waals surface area contributed by atoms with Crippen LogP contribution in [0.1, 0.15) is 24.6 Å². The Morgan fingerprint density at radius 3 is 2.28 bits per heavy atom. The fraction of sp³-hybridized carbons (Fsp3) is 0.333. The van der Waals surface area contributed by atoms with Crippen molar-refractivity contribution < 1.29 is 24.9 Å². The van der Waals surface area contributed by atoms with Crippen molar-refractivity contribution >= 4 is 11.9 Å². The molecule has 0 saturated carbocycles. The second-order valence-electron chi connectivity index (χ2n) is 3.80. The number of aliphatic carboxylic acids is 2. The van der Waals surface area contributed by atoms with Crippen LogP contribution in [0.25, 0.3) is 0 Å². The molecule has 6 heteroatoms. The Morgan fingerprint density at radius 2 is 1.78 bits per heavy atom. The van der Waals surface area contributed by atoms with Crippen LogP contribution in [0.4, 0.5) is 0 Å². The molecule has 2 atom stereocenters. The monoisotopic (exact) mass is 253 g/mol. The van der Waals surface area contributed by atoms with Crippen molar-refractivity contribution in [2.45, 2.75) is 25.1 Å². The van der Waals surface area contributed by atoms with Crippen molar-refractivity contribution in [3.63, 3.8) is 0 Å². The first-order chi connectivity index (χ1) is 8.50. The molecule has 1 aromatic carbocycles. The van der Waals surface area contributed by atoms with Crippen LogP contribution in [0.3, 0.4) is 0 Å². The van der Waals surface area contributed by atoms with Crippen molar-refractivity contribution in [1.82, 2.24) is 5.32 Å². The van der Waals surface area contributed by atoms with Crippen molar-refractivity contribution in [1.29, 1.82) is 0 Å². The molecule has 18 heavy (non-hydrogen) atoms. The van der Waals surface area contributed by atoms with Gasteiger partial charge in [0.15, 0.2) is 0 Å². The van der Waals surface area contributed by atoms with Gasteiger partial charge in [-0.2, -0.15) is 0 Å². The van der Waals surface area contributed by atoms with Gasteiger partial charge in [-0.3, -0.25) is 14.9 Å². The summed E-state index contributed by atoms with van der Waals surface area (Å²) in [6, 6.07) is 7.40. The molecule has 0 radical (unpaired) electrons. The Balaban J connectivity index is 2.60. The van der Waals surface area contributed by atoms with Gasteiger partial charge in [-0.05, 0) is 12.0 Å². The molecule has 4 N–H and O–H groups in total. The number of carboxylic acids is 2. The zero-order chi connectivity index (χ0) is 13.5. The molecule has 0 fully saturated rings. The standard InChI is InChI=1S/C12H15NO5/c14-10(15)7-6-9(12(17)18)13-11(16)8-4-2-1-3-5-8/h1-5,9,11,13,16H,6-7H2,(H,14,15)(H,17,18). The van der Waals surface area contributed by atoms with Crippen LogP contribution in [-0.2, 0) is 9.59 Å². The average molecular weight is 253 g/mol. The van der Waals surface area contributed by atoms with Crippen LogP contribution in [0.15, 0.2) is 30.3 Å². The second kappa shape index (κ2) is 6.73. The van der Waals surface area contributed by atoms with Crippen LogP contribution in [0.2, 0.25) is 0 Å². The highest BCUT2D eigenvalue weighted by Gasteiger charge is 2.21. The van der Waals surface area contributed by atoms with Crippen LogP contribution in [-0.4, -0.2) is 33.3 Å². The van der Waals surface area contributed by atoms with E-state index in [0.717, 1.165) is 0 Å². The molecule has 2 unspecified atom stereocenters. The average Bonchev–Trinajstić information content (AvgIpc) is 2.34. The Morgan fingerprint density at radius 1 is 1.17 bits per heavy atom. The summed E-state index contributed by atoms with van der Waals surface area (Å²) in [6.07, 6.45) is -1.50. The second-order valence-corrected chi connectivity index (χ2v) is 3.80.